The van der Waals surface area contributed by atoms with Crippen LogP contribution < -0.4 is 4.98 Å². The first-order chi connectivity index (χ1) is 6.29. The number of carbonyl (C=O) groups is 1. The number of aromatic nitrogens is 1. The molecule has 1 aromatic heterocycles. The number of aromatic carboxylic acids is 1. The number of rotatable bonds is 1. The van der Waals surface area contributed by atoms with Crippen molar-refractivity contribution in [3.8, 4) is 0 Å². The number of fused-ring (bicyclic) bond motifs is 1. The van der Waals surface area contributed by atoms with Crippen LogP contribution in [0.25, 0.3) is 10.8 Å². The number of benzene rings is 1. The Kier molecular flexibility index (Phi) is 1.70. The van der Waals surface area contributed by atoms with Crippen molar-refractivity contribution in [1.82, 2.24) is 0 Å². The Morgan fingerprint density at radius 1 is 1.23 bits per heavy atom. The van der Waals surface area contributed by atoms with Gasteiger partial charge in [-0.3, -0.25) is 0 Å². The van der Waals surface area contributed by atoms with Crippen LogP contribution in [-0.2, 0) is 0 Å². The zero-order chi connectivity index (χ0) is 9.26. The van der Waals surface area contributed by atoms with Crippen LogP contribution in [0.3, 0.4) is 0 Å². The SMILES string of the molecule is O=C(O)c1c[nH+]cc2ccccc12. The van der Waals surface area contributed by atoms with Crippen LogP contribution in [0.4, 0.5) is 0 Å². The summed E-state index contributed by atoms with van der Waals surface area (Å²) in [7, 11) is 0. The Labute approximate surface area is 74.7 Å². The molecule has 0 radical (unpaired) electrons. The van der Waals surface area contributed by atoms with E-state index in [-0.39, 0.29) is 0 Å². The topological polar surface area (TPSA) is 51.4 Å². The zero-order valence-corrected chi connectivity index (χ0v) is 6.82. The van der Waals surface area contributed by atoms with Gasteiger partial charge in [-0.25, -0.2) is 9.78 Å². The predicted molar refractivity (Wildman–Crippen MR) is 47.5 cm³/mol. The second-order valence-electron chi connectivity index (χ2n) is 2.76. The Balaban J connectivity index is 2.83. The van der Waals surface area contributed by atoms with Crippen LogP contribution in [0.15, 0.2) is 36.7 Å². The third-order valence-corrected chi connectivity index (χ3v) is 1.95. The number of nitrogens with one attached hydrogen (secondary N) is 1. The minimum atomic E-state index is -0.909. The van der Waals surface area contributed by atoms with E-state index in [0.717, 1.165) is 10.8 Å². The van der Waals surface area contributed by atoms with Gasteiger partial charge in [0.2, 0.25) is 0 Å². The fourth-order valence-electron chi connectivity index (χ4n) is 1.34. The maximum absolute atomic E-state index is 10.8. The van der Waals surface area contributed by atoms with Gasteiger partial charge in [0.15, 0.2) is 12.4 Å². The van der Waals surface area contributed by atoms with Gasteiger partial charge < -0.3 is 5.11 Å². The fraction of sp³-hybridized carbons (Fsp3) is 0. The summed E-state index contributed by atoms with van der Waals surface area (Å²) in [5.41, 5.74) is 0.304. The van der Waals surface area contributed by atoms with Crippen LogP contribution in [0.2, 0.25) is 0 Å². The lowest BCUT2D eigenvalue weighted by Gasteiger charge is -1.96. The number of hydrogen-bond donors (Lipinski definition) is 1. The van der Waals surface area contributed by atoms with E-state index in [1.807, 2.05) is 18.2 Å². The first-order valence-corrected chi connectivity index (χ1v) is 3.91. The molecule has 1 aromatic carbocycles. The zero-order valence-electron chi connectivity index (χ0n) is 6.82. The van der Waals surface area contributed by atoms with E-state index >= 15 is 0 Å². The number of aromatic amines is 1. The highest BCUT2D eigenvalue weighted by molar-refractivity contribution is 6.02. The molecule has 13 heavy (non-hydrogen) atoms. The monoisotopic (exact) mass is 174 g/mol. The summed E-state index contributed by atoms with van der Waals surface area (Å²) in [5.74, 6) is -0.909. The van der Waals surface area contributed by atoms with E-state index in [0.29, 0.717) is 5.56 Å². The second kappa shape index (κ2) is 2.86. The average Bonchev–Trinajstić information content (AvgIpc) is 2.17. The molecular formula is C10H8NO2+. The average molecular weight is 174 g/mol. The Bertz CT molecular complexity index is 460. The summed E-state index contributed by atoms with van der Waals surface area (Å²) in [5, 5.41) is 10.5. The van der Waals surface area contributed by atoms with Gasteiger partial charge in [0.05, 0.1) is 0 Å². The van der Waals surface area contributed by atoms with Crippen molar-refractivity contribution in [2.45, 2.75) is 0 Å². The van der Waals surface area contributed by atoms with Crippen molar-refractivity contribution in [2.75, 3.05) is 0 Å². The molecule has 0 aliphatic carbocycles. The van der Waals surface area contributed by atoms with Crippen molar-refractivity contribution in [1.29, 1.82) is 0 Å². The maximum atomic E-state index is 10.8. The lowest BCUT2D eigenvalue weighted by Crippen LogP contribution is -2.07. The van der Waals surface area contributed by atoms with E-state index < -0.39 is 5.97 Å². The number of H-pyrrole nitrogens is 1. The molecule has 0 aliphatic rings. The summed E-state index contributed by atoms with van der Waals surface area (Å²) in [6.07, 6.45) is 3.27. The third kappa shape index (κ3) is 1.24. The molecule has 0 fully saturated rings. The van der Waals surface area contributed by atoms with E-state index in [9.17, 15) is 4.79 Å². The van der Waals surface area contributed by atoms with Gasteiger partial charge in [0.1, 0.15) is 5.56 Å². The molecule has 0 saturated carbocycles. The first-order valence-electron chi connectivity index (χ1n) is 3.91. The summed E-state index contributed by atoms with van der Waals surface area (Å²) in [4.78, 5) is 13.6. The van der Waals surface area contributed by atoms with Crippen LogP contribution in [0, 0.1) is 0 Å². The van der Waals surface area contributed by atoms with Crippen LogP contribution >= 0.6 is 0 Å². The van der Waals surface area contributed by atoms with Crippen molar-refractivity contribution >= 4 is 16.7 Å². The van der Waals surface area contributed by atoms with E-state index in [1.54, 1.807) is 12.3 Å². The number of hydrogen-bond acceptors (Lipinski definition) is 1. The van der Waals surface area contributed by atoms with Crippen molar-refractivity contribution < 1.29 is 14.9 Å². The fourth-order valence-corrected chi connectivity index (χ4v) is 1.34. The molecule has 0 amide bonds. The van der Waals surface area contributed by atoms with Gasteiger partial charge in [0.25, 0.3) is 0 Å². The number of pyridine rings is 1. The molecule has 0 unspecified atom stereocenters. The molecule has 64 valence electrons. The minimum absolute atomic E-state index is 0.304. The van der Waals surface area contributed by atoms with Crippen LogP contribution in [-0.4, -0.2) is 11.1 Å². The van der Waals surface area contributed by atoms with Gasteiger partial charge in [0, 0.05) is 10.8 Å². The second-order valence-corrected chi connectivity index (χ2v) is 2.76. The first kappa shape index (κ1) is 7.73. The van der Waals surface area contributed by atoms with Crippen LogP contribution in [0.5, 0.6) is 0 Å². The highest BCUT2D eigenvalue weighted by atomic mass is 16.4. The lowest BCUT2D eigenvalue weighted by atomic mass is 10.1. The maximum Gasteiger partial charge on any atom is 0.342 e. The molecular weight excluding hydrogens is 166 g/mol. The Hall–Kier alpha value is -1.90. The molecule has 0 bridgehead atoms. The standard InChI is InChI=1S/C10H7NO2/c12-10(13)9-6-11-5-7-3-1-2-4-8(7)9/h1-6H,(H,12,13)/p+1. The van der Waals surface area contributed by atoms with E-state index in [2.05, 4.69) is 4.98 Å². The molecule has 0 aliphatic heterocycles. The summed E-state index contributed by atoms with van der Waals surface area (Å²) >= 11 is 0. The molecule has 0 atom stereocenters. The third-order valence-electron chi connectivity index (χ3n) is 1.95. The molecule has 3 heteroatoms. The minimum Gasteiger partial charge on any atom is -0.477 e. The summed E-state index contributed by atoms with van der Waals surface area (Å²) in [6, 6.07) is 7.38. The number of carboxylic acid groups (broad SMARTS) is 1. The summed E-state index contributed by atoms with van der Waals surface area (Å²) < 4.78 is 0. The summed E-state index contributed by atoms with van der Waals surface area (Å²) in [6.45, 7) is 0. The highest BCUT2D eigenvalue weighted by Gasteiger charge is 2.10. The van der Waals surface area contributed by atoms with Gasteiger partial charge in [-0.15, -0.1) is 0 Å². The smallest absolute Gasteiger partial charge is 0.342 e. The Morgan fingerprint density at radius 2 is 2.00 bits per heavy atom. The largest absolute Gasteiger partial charge is 0.477 e. The Morgan fingerprint density at radius 3 is 2.77 bits per heavy atom. The van der Waals surface area contributed by atoms with Crippen molar-refractivity contribution in [3.63, 3.8) is 0 Å². The van der Waals surface area contributed by atoms with E-state index in [4.69, 9.17) is 5.11 Å². The molecule has 3 nitrogen and oxygen atoms in total. The molecule has 0 saturated heterocycles. The van der Waals surface area contributed by atoms with Crippen molar-refractivity contribution in [3.05, 3.63) is 42.2 Å². The van der Waals surface area contributed by atoms with Crippen molar-refractivity contribution in [2.24, 2.45) is 0 Å². The molecule has 2 N–H and O–H groups in total. The lowest BCUT2D eigenvalue weighted by molar-refractivity contribution is -0.376. The van der Waals surface area contributed by atoms with Gasteiger partial charge in [-0.05, 0) is 6.07 Å². The molecule has 2 rings (SSSR count). The highest BCUT2D eigenvalue weighted by Crippen LogP contribution is 2.14. The molecule has 1 heterocycles. The molecule has 2 aromatic rings. The quantitative estimate of drug-likeness (QED) is 0.709. The van der Waals surface area contributed by atoms with E-state index in [1.165, 1.54) is 6.20 Å². The van der Waals surface area contributed by atoms with Gasteiger partial charge >= 0.3 is 5.97 Å². The van der Waals surface area contributed by atoms with Crippen LogP contribution in [0.1, 0.15) is 10.4 Å². The van der Waals surface area contributed by atoms with Gasteiger partial charge in [-0.2, -0.15) is 0 Å². The van der Waals surface area contributed by atoms with Gasteiger partial charge in [-0.1, -0.05) is 18.2 Å². The molecule has 0 spiro atoms. The normalized spacial score (nSPS) is 10.2. The number of carboxylic acids is 1. The predicted octanol–water partition coefficient (Wildman–Crippen LogP) is 1.35.